The number of carbonyl (C=O) groups is 1. The fourth-order valence-corrected chi connectivity index (χ4v) is 6.84. The van der Waals surface area contributed by atoms with Gasteiger partial charge in [0, 0.05) is 50.7 Å². The molecular weight excluding hydrogens is 516 g/mol. The van der Waals surface area contributed by atoms with Crippen LogP contribution in [0.2, 0.25) is 0 Å². The van der Waals surface area contributed by atoms with Crippen LogP contribution >= 0.6 is 0 Å². The van der Waals surface area contributed by atoms with Crippen molar-refractivity contribution in [3.63, 3.8) is 0 Å². The summed E-state index contributed by atoms with van der Waals surface area (Å²) in [6.45, 7) is 3.12. The first kappa shape index (κ1) is 27.5. The number of amides is 1. The van der Waals surface area contributed by atoms with Crippen LogP contribution in [0.5, 0.6) is 0 Å². The van der Waals surface area contributed by atoms with Gasteiger partial charge in [-0.15, -0.1) is 0 Å². The highest BCUT2D eigenvalue weighted by atomic mass is 32.2. The molecule has 0 spiro atoms. The van der Waals surface area contributed by atoms with E-state index in [0.29, 0.717) is 49.1 Å². The third-order valence-electron chi connectivity index (χ3n) is 8.10. The minimum atomic E-state index is -3.86. The van der Waals surface area contributed by atoms with Crippen molar-refractivity contribution in [3.8, 4) is 0 Å². The summed E-state index contributed by atoms with van der Waals surface area (Å²) in [5.41, 5.74) is 2.74. The van der Waals surface area contributed by atoms with Crippen molar-refractivity contribution in [3.05, 3.63) is 47.7 Å². The van der Waals surface area contributed by atoms with Crippen molar-refractivity contribution < 1.29 is 17.9 Å². The highest BCUT2D eigenvalue weighted by molar-refractivity contribution is 7.90. The molecule has 3 aliphatic rings. The molecule has 11 heteroatoms. The monoisotopic (exact) mass is 554 g/mol. The Bertz CT molecular complexity index is 1280. The van der Waals surface area contributed by atoms with Crippen LogP contribution in [-0.4, -0.2) is 70.2 Å². The number of nitrogens with zero attached hydrogens (tertiary/aromatic N) is 2. The molecule has 39 heavy (non-hydrogen) atoms. The van der Waals surface area contributed by atoms with Gasteiger partial charge >= 0.3 is 0 Å². The number of rotatable bonds is 10. The van der Waals surface area contributed by atoms with Gasteiger partial charge < -0.3 is 25.7 Å². The molecule has 10 nitrogen and oxygen atoms in total. The summed E-state index contributed by atoms with van der Waals surface area (Å²) in [5, 5.41) is 14.9. The molecule has 1 aromatic carbocycles. The number of aromatic nitrogens is 1. The number of carbonyl (C=O) groups excluding carboxylic acids is 1. The van der Waals surface area contributed by atoms with Gasteiger partial charge in [0.05, 0.1) is 16.5 Å². The van der Waals surface area contributed by atoms with Crippen LogP contribution in [0.1, 0.15) is 54.6 Å². The van der Waals surface area contributed by atoms with Gasteiger partial charge in [0.15, 0.2) is 0 Å². The SMILES string of the molecule is COCC1CCN(c2cc(C(=O)NS(=O)(=O)C3CCNC3)nc(Nc3ccccc3)c2C(=N)C2CCC2)CC1. The lowest BCUT2D eigenvalue weighted by molar-refractivity contribution is 0.0976. The summed E-state index contributed by atoms with van der Waals surface area (Å²) < 4.78 is 33.5. The second kappa shape index (κ2) is 12.0. The molecule has 1 aliphatic carbocycles. The summed E-state index contributed by atoms with van der Waals surface area (Å²) in [5.74, 6) is 0.246. The van der Waals surface area contributed by atoms with Crippen LogP contribution in [0.3, 0.4) is 0 Å². The summed E-state index contributed by atoms with van der Waals surface area (Å²) in [4.78, 5) is 20.2. The van der Waals surface area contributed by atoms with Crippen molar-refractivity contribution in [2.45, 2.75) is 43.8 Å². The van der Waals surface area contributed by atoms with Crippen LogP contribution in [0.15, 0.2) is 36.4 Å². The molecule has 0 bridgehead atoms. The molecule has 3 fully saturated rings. The van der Waals surface area contributed by atoms with Crippen molar-refractivity contribution in [2.75, 3.05) is 50.1 Å². The molecule has 210 valence electrons. The first-order chi connectivity index (χ1) is 18.9. The van der Waals surface area contributed by atoms with E-state index in [1.807, 2.05) is 30.3 Å². The van der Waals surface area contributed by atoms with Crippen LogP contribution in [0.25, 0.3) is 0 Å². The second-order valence-corrected chi connectivity index (χ2v) is 12.7. The molecule has 4 N–H and O–H groups in total. The van der Waals surface area contributed by atoms with Gasteiger partial charge in [-0.3, -0.25) is 4.79 Å². The van der Waals surface area contributed by atoms with Crippen LogP contribution in [0, 0.1) is 17.2 Å². The summed E-state index contributed by atoms with van der Waals surface area (Å²) in [7, 11) is -2.14. The minimum absolute atomic E-state index is 0.0159. The minimum Gasteiger partial charge on any atom is -0.384 e. The van der Waals surface area contributed by atoms with E-state index in [4.69, 9.17) is 10.1 Å². The standard InChI is InChI=1S/C28H38N6O4S/c1-38-18-19-11-14-34(15-12-19)24-16-23(28(35)33-39(36,37)22-10-13-30-17-22)32-27(31-21-8-3-2-4-9-21)25(24)26(29)20-6-5-7-20/h2-4,8-9,16,19-20,22,29-30H,5-7,10-15,17-18H2,1H3,(H,31,32)(H,33,35). The molecule has 3 heterocycles. The number of hydrogen-bond donors (Lipinski definition) is 4. The lowest BCUT2D eigenvalue weighted by Crippen LogP contribution is -2.40. The average molecular weight is 555 g/mol. The predicted octanol–water partition coefficient (Wildman–Crippen LogP) is 3.28. The van der Waals surface area contributed by atoms with Gasteiger partial charge in [-0.2, -0.15) is 0 Å². The number of para-hydroxylation sites is 1. The van der Waals surface area contributed by atoms with Gasteiger partial charge in [-0.1, -0.05) is 24.6 Å². The largest absolute Gasteiger partial charge is 0.384 e. The Hall–Kier alpha value is -3.02. The lowest BCUT2D eigenvalue weighted by Gasteiger charge is -2.36. The maximum atomic E-state index is 13.4. The summed E-state index contributed by atoms with van der Waals surface area (Å²) >= 11 is 0. The zero-order valence-corrected chi connectivity index (χ0v) is 23.2. The van der Waals surface area contributed by atoms with E-state index in [9.17, 15) is 13.2 Å². The molecular formula is C28H38N6O4S. The topological polar surface area (TPSA) is 137 Å². The van der Waals surface area contributed by atoms with Crippen LogP contribution < -0.4 is 20.3 Å². The van der Waals surface area contributed by atoms with E-state index in [-0.39, 0.29) is 11.6 Å². The van der Waals surface area contributed by atoms with E-state index >= 15 is 0 Å². The number of methoxy groups -OCH3 is 1. The predicted molar refractivity (Wildman–Crippen MR) is 153 cm³/mol. The number of benzene rings is 1. The number of nitrogens with one attached hydrogen (secondary N) is 4. The fourth-order valence-electron chi connectivity index (χ4n) is 5.55. The van der Waals surface area contributed by atoms with Crippen LogP contribution in [0.4, 0.5) is 17.2 Å². The quantitative estimate of drug-likeness (QED) is 0.329. The van der Waals surface area contributed by atoms with Crippen molar-refractivity contribution >= 4 is 38.8 Å². The fraction of sp³-hybridized carbons (Fsp3) is 0.536. The highest BCUT2D eigenvalue weighted by Crippen LogP contribution is 2.38. The smallest absolute Gasteiger partial charge is 0.283 e. The van der Waals surface area contributed by atoms with Crippen molar-refractivity contribution in [2.24, 2.45) is 11.8 Å². The van der Waals surface area contributed by atoms with Gasteiger partial charge in [0.1, 0.15) is 11.5 Å². The second-order valence-electron chi connectivity index (χ2n) is 10.8. The molecule has 2 aliphatic heterocycles. The Morgan fingerprint density at radius 2 is 1.90 bits per heavy atom. The molecule has 1 unspecified atom stereocenters. The van der Waals surface area contributed by atoms with Gasteiger partial charge in [0.25, 0.3) is 5.91 Å². The third kappa shape index (κ3) is 6.26. The van der Waals surface area contributed by atoms with Gasteiger partial charge in [-0.05, 0) is 62.8 Å². The Morgan fingerprint density at radius 3 is 2.51 bits per heavy atom. The first-order valence-electron chi connectivity index (χ1n) is 13.8. The molecule has 2 aromatic rings. The molecule has 2 saturated heterocycles. The number of piperidine rings is 1. The Kier molecular flexibility index (Phi) is 8.49. The normalized spacial score (nSPS) is 20.4. The number of hydrogen-bond acceptors (Lipinski definition) is 9. The molecule has 1 amide bonds. The third-order valence-corrected chi connectivity index (χ3v) is 9.85. The van der Waals surface area contributed by atoms with Crippen LogP contribution in [-0.2, 0) is 14.8 Å². The number of ether oxygens (including phenoxy) is 1. The van der Waals surface area contributed by atoms with Gasteiger partial charge in [-0.25, -0.2) is 18.1 Å². The summed E-state index contributed by atoms with van der Waals surface area (Å²) in [6.07, 6.45) is 5.31. The number of sulfonamides is 1. The zero-order chi connectivity index (χ0) is 27.4. The maximum Gasteiger partial charge on any atom is 0.283 e. The van der Waals surface area contributed by atoms with E-state index in [1.165, 1.54) is 0 Å². The molecule has 1 atom stereocenters. The Labute approximate surface area is 230 Å². The highest BCUT2D eigenvalue weighted by Gasteiger charge is 2.34. The summed E-state index contributed by atoms with van der Waals surface area (Å²) in [6, 6.07) is 11.2. The molecule has 5 rings (SSSR count). The number of pyridine rings is 1. The number of anilines is 3. The molecule has 1 aromatic heterocycles. The van der Waals surface area contributed by atoms with Crippen molar-refractivity contribution in [1.82, 2.24) is 15.0 Å². The lowest BCUT2D eigenvalue weighted by atomic mass is 9.79. The maximum absolute atomic E-state index is 13.4. The Morgan fingerprint density at radius 1 is 1.15 bits per heavy atom. The Balaban J connectivity index is 1.54. The van der Waals surface area contributed by atoms with E-state index in [0.717, 1.165) is 56.6 Å². The van der Waals surface area contributed by atoms with Crippen molar-refractivity contribution in [1.29, 1.82) is 5.41 Å². The zero-order valence-electron chi connectivity index (χ0n) is 22.4. The van der Waals surface area contributed by atoms with E-state index < -0.39 is 21.2 Å². The van der Waals surface area contributed by atoms with Gasteiger partial charge in [0.2, 0.25) is 10.0 Å². The molecule has 0 radical (unpaired) electrons. The average Bonchev–Trinajstić information content (AvgIpc) is 3.45. The van der Waals surface area contributed by atoms with E-state index in [2.05, 4.69) is 25.2 Å². The first-order valence-corrected chi connectivity index (χ1v) is 15.4. The molecule has 1 saturated carbocycles. The van der Waals surface area contributed by atoms with E-state index in [1.54, 1.807) is 13.2 Å².